The molecule has 3 atom stereocenters. The van der Waals surface area contributed by atoms with Gasteiger partial charge in [-0.25, -0.2) is 4.57 Å². The first-order valence-electron chi connectivity index (χ1n) is 25.3. The van der Waals surface area contributed by atoms with Crippen molar-refractivity contribution in [3.8, 4) is 0 Å². The lowest BCUT2D eigenvalue weighted by Crippen LogP contribution is -2.46. The first-order valence-corrected chi connectivity index (χ1v) is 26.8. The zero-order valence-electron chi connectivity index (χ0n) is 40.8. The third-order valence-electron chi connectivity index (χ3n) is 11.0. The second-order valence-corrected chi connectivity index (χ2v) is 19.6. The van der Waals surface area contributed by atoms with Crippen LogP contribution in [0.1, 0.15) is 206 Å². The Morgan fingerprint density at radius 2 is 0.968 bits per heavy atom. The third kappa shape index (κ3) is 45.9. The van der Waals surface area contributed by atoms with E-state index in [2.05, 4.69) is 92.1 Å². The number of carbonyl (C=O) groups is 1. The molecule has 360 valence electrons. The molecule has 0 bridgehead atoms. The van der Waals surface area contributed by atoms with Gasteiger partial charge in [-0.2, -0.15) is 0 Å². The van der Waals surface area contributed by atoms with E-state index in [-0.39, 0.29) is 19.1 Å². The van der Waals surface area contributed by atoms with Gasteiger partial charge in [-0.15, -0.1) is 0 Å². The van der Waals surface area contributed by atoms with Crippen LogP contribution in [0.15, 0.2) is 72.9 Å². The van der Waals surface area contributed by atoms with Gasteiger partial charge in [-0.05, 0) is 64.2 Å². The SMILES string of the molecule is CC/C=C\C/C=C\C/C=C\C/C=C\C/C=C\C/C=C\CCCCCCCCCCCCCCCCCCC(=O)NC(COP(=O)(O)OCC[N+](C)(C)C)C(O)CCCCCCC. The summed E-state index contributed by atoms with van der Waals surface area (Å²) in [7, 11) is 1.61. The number of likely N-dealkylation sites (N-methyl/N-ethyl adjacent to an activating group) is 1. The zero-order valence-corrected chi connectivity index (χ0v) is 41.7. The number of nitrogens with one attached hydrogen (secondary N) is 1. The van der Waals surface area contributed by atoms with E-state index in [0.29, 0.717) is 23.9 Å². The van der Waals surface area contributed by atoms with Crippen molar-refractivity contribution < 1.29 is 32.9 Å². The highest BCUT2D eigenvalue weighted by atomic mass is 31.2. The summed E-state index contributed by atoms with van der Waals surface area (Å²) in [5.41, 5.74) is 0. The molecule has 0 rings (SSSR count). The van der Waals surface area contributed by atoms with Crippen LogP contribution in [-0.2, 0) is 18.4 Å². The zero-order chi connectivity index (χ0) is 45.7. The van der Waals surface area contributed by atoms with Gasteiger partial charge in [-0.1, -0.05) is 209 Å². The Balaban J connectivity index is 3.83. The molecule has 0 aliphatic carbocycles. The molecule has 3 unspecified atom stereocenters. The van der Waals surface area contributed by atoms with E-state index in [1.807, 2.05) is 21.1 Å². The van der Waals surface area contributed by atoms with Gasteiger partial charge in [0, 0.05) is 6.42 Å². The van der Waals surface area contributed by atoms with Crippen molar-refractivity contribution >= 4 is 13.7 Å². The number of amides is 1. The smallest absolute Gasteiger partial charge is 0.391 e. The van der Waals surface area contributed by atoms with E-state index in [0.717, 1.165) is 89.9 Å². The molecule has 62 heavy (non-hydrogen) atoms. The summed E-state index contributed by atoms with van der Waals surface area (Å²) in [6.45, 7) is 4.67. The predicted octanol–water partition coefficient (Wildman–Crippen LogP) is 14.8. The Labute approximate surface area is 383 Å². The molecule has 0 heterocycles. The van der Waals surface area contributed by atoms with Crippen LogP contribution in [0.2, 0.25) is 0 Å². The average Bonchev–Trinajstić information content (AvgIpc) is 3.23. The number of rotatable bonds is 45. The number of quaternary nitrogens is 1. The summed E-state index contributed by atoms with van der Waals surface area (Å²) >= 11 is 0. The number of unbranched alkanes of at least 4 members (excludes halogenated alkanes) is 20. The van der Waals surface area contributed by atoms with Crippen molar-refractivity contribution in [2.24, 2.45) is 0 Å². The standard InChI is InChI=1S/C53H97N2O6P/c1-6-8-10-12-13-14-15-16-17-18-19-20-21-22-23-24-25-26-27-28-29-30-31-32-33-34-35-36-37-38-39-40-41-43-45-47-53(57)54-51(52(56)46-44-42-11-9-7-2)50-61-62(58,59)60-49-48-55(3,4)5/h8,10,13-14,16-17,19-20,22-23,25-26,51-52,56H,6-7,9,11-12,15,18,21,24,27-50H2,1-5H3,(H-,54,57,58,59)/p+1/b10-8-,14-13-,17-16-,20-19-,23-22-,26-25-. The van der Waals surface area contributed by atoms with Gasteiger partial charge < -0.3 is 19.8 Å². The lowest BCUT2D eigenvalue weighted by molar-refractivity contribution is -0.870. The van der Waals surface area contributed by atoms with Crippen molar-refractivity contribution in [2.75, 3.05) is 40.9 Å². The van der Waals surface area contributed by atoms with Gasteiger partial charge in [-0.3, -0.25) is 13.8 Å². The fourth-order valence-electron chi connectivity index (χ4n) is 6.99. The molecule has 3 N–H and O–H groups in total. The minimum Gasteiger partial charge on any atom is -0.391 e. The molecule has 0 saturated carbocycles. The second kappa shape index (κ2) is 44.2. The van der Waals surface area contributed by atoms with Crippen molar-refractivity contribution in [1.82, 2.24) is 5.32 Å². The molecule has 0 radical (unpaired) electrons. The number of aliphatic hydroxyl groups excluding tert-OH is 1. The number of nitrogens with zero attached hydrogens (tertiary/aromatic N) is 1. The highest BCUT2D eigenvalue weighted by molar-refractivity contribution is 7.47. The van der Waals surface area contributed by atoms with Gasteiger partial charge in [0.05, 0.1) is 39.9 Å². The monoisotopic (exact) mass is 890 g/mol. The molecule has 0 aromatic rings. The lowest BCUT2D eigenvalue weighted by atomic mass is 10.0. The van der Waals surface area contributed by atoms with Crippen LogP contribution in [0, 0.1) is 0 Å². The van der Waals surface area contributed by atoms with Crippen LogP contribution in [0.3, 0.4) is 0 Å². The molecule has 0 fully saturated rings. The number of hydrogen-bond acceptors (Lipinski definition) is 5. The Bertz CT molecular complexity index is 1240. The van der Waals surface area contributed by atoms with Crippen LogP contribution < -0.4 is 5.32 Å². The summed E-state index contributed by atoms with van der Waals surface area (Å²) in [6, 6.07) is -0.758. The summed E-state index contributed by atoms with van der Waals surface area (Å²) in [4.78, 5) is 23.0. The predicted molar refractivity (Wildman–Crippen MR) is 267 cm³/mol. The fourth-order valence-corrected chi connectivity index (χ4v) is 7.73. The van der Waals surface area contributed by atoms with Crippen molar-refractivity contribution in [3.63, 3.8) is 0 Å². The summed E-state index contributed by atoms with van der Waals surface area (Å²) < 4.78 is 23.5. The first-order chi connectivity index (χ1) is 30.0. The van der Waals surface area contributed by atoms with Crippen LogP contribution in [-0.4, -0.2) is 73.4 Å². The van der Waals surface area contributed by atoms with Crippen molar-refractivity contribution in [1.29, 1.82) is 0 Å². The molecule has 0 aliphatic rings. The van der Waals surface area contributed by atoms with Crippen LogP contribution >= 0.6 is 7.82 Å². The van der Waals surface area contributed by atoms with E-state index >= 15 is 0 Å². The van der Waals surface area contributed by atoms with E-state index in [4.69, 9.17) is 9.05 Å². The maximum absolute atomic E-state index is 12.8. The van der Waals surface area contributed by atoms with Gasteiger partial charge in [0.2, 0.25) is 5.91 Å². The number of allylic oxidation sites excluding steroid dienone is 12. The lowest BCUT2D eigenvalue weighted by Gasteiger charge is -2.26. The Morgan fingerprint density at radius 3 is 1.42 bits per heavy atom. The van der Waals surface area contributed by atoms with Gasteiger partial charge in [0.25, 0.3) is 0 Å². The molecule has 0 saturated heterocycles. The largest absolute Gasteiger partial charge is 0.472 e. The third-order valence-corrected chi connectivity index (χ3v) is 12.0. The summed E-state index contributed by atoms with van der Waals surface area (Å²) in [5, 5.41) is 13.8. The highest BCUT2D eigenvalue weighted by Gasteiger charge is 2.28. The minimum absolute atomic E-state index is 0.0722. The average molecular weight is 890 g/mol. The van der Waals surface area contributed by atoms with Crippen LogP contribution in [0.25, 0.3) is 0 Å². The van der Waals surface area contributed by atoms with Crippen LogP contribution in [0.5, 0.6) is 0 Å². The van der Waals surface area contributed by atoms with E-state index < -0.39 is 20.0 Å². The Hall–Kier alpha value is -2.06. The van der Waals surface area contributed by atoms with Gasteiger partial charge >= 0.3 is 7.82 Å². The number of carbonyl (C=O) groups excluding carboxylic acids is 1. The fraction of sp³-hybridized carbons (Fsp3) is 0.755. The summed E-state index contributed by atoms with van der Waals surface area (Å²) in [6.07, 6.45) is 60.1. The van der Waals surface area contributed by atoms with Crippen LogP contribution in [0.4, 0.5) is 0 Å². The maximum atomic E-state index is 12.8. The number of phosphoric ester groups is 1. The van der Waals surface area contributed by atoms with Gasteiger partial charge in [0.1, 0.15) is 13.2 Å². The quantitative estimate of drug-likeness (QED) is 0.0243. The number of phosphoric acid groups is 1. The first kappa shape index (κ1) is 59.9. The molecule has 0 spiro atoms. The second-order valence-electron chi connectivity index (χ2n) is 18.2. The molecule has 0 aliphatic heterocycles. The van der Waals surface area contributed by atoms with E-state index in [1.54, 1.807) is 0 Å². The van der Waals surface area contributed by atoms with E-state index in [9.17, 15) is 19.4 Å². The normalized spacial score (nSPS) is 14.8. The molecule has 0 aromatic heterocycles. The van der Waals surface area contributed by atoms with Crippen molar-refractivity contribution in [2.45, 2.75) is 219 Å². The maximum Gasteiger partial charge on any atom is 0.472 e. The Kier molecular flexibility index (Phi) is 42.7. The molecular formula is C53H98N2O6P+. The minimum atomic E-state index is -4.30. The molecule has 8 nitrogen and oxygen atoms in total. The van der Waals surface area contributed by atoms with Gasteiger partial charge in [0.15, 0.2) is 0 Å². The number of hydrogen-bond donors (Lipinski definition) is 3. The number of aliphatic hydroxyl groups is 1. The van der Waals surface area contributed by atoms with Crippen molar-refractivity contribution in [3.05, 3.63) is 72.9 Å². The highest BCUT2D eigenvalue weighted by Crippen LogP contribution is 2.43. The molecule has 1 amide bonds. The topological polar surface area (TPSA) is 105 Å². The van der Waals surface area contributed by atoms with E-state index in [1.165, 1.54) is 89.9 Å². The Morgan fingerprint density at radius 1 is 0.565 bits per heavy atom. The molecular weight excluding hydrogens is 792 g/mol. The molecule has 0 aromatic carbocycles. The molecule has 9 heteroatoms. The summed E-state index contributed by atoms with van der Waals surface area (Å²) in [5.74, 6) is -0.154.